The van der Waals surface area contributed by atoms with E-state index in [-0.39, 0.29) is 27.1 Å². The van der Waals surface area contributed by atoms with Gasteiger partial charge in [0.2, 0.25) is 0 Å². The van der Waals surface area contributed by atoms with Gasteiger partial charge in [0.15, 0.2) is 0 Å². The number of benzene rings is 8. The van der Waals surface area contributed by atoms with Gasteiger partial charge in [0, 0.05) is 55.7 Å². The van der Waals surface area contributed by atoms with E-state index < -0.39 is 0 Å². The molecular formula is C70H75N3. The van der Waals surface area contributed by atoms with Crippen LogP contribution in [0, 0.1) is 11.3 Å². The maximum absolute atomic E-state index is 2.58. The van der Waals surface area contributed by atoms with Crippen LogP contribution in [-0.2, 0) is 21.7 Å². The molecule has 1 unspecified atom stereocenters. The van der Waals surface area contributed by atoms with Crippen LogP contribution >= 0.6 is 0 Å². The van der Waals surface area contributed by atoms with Gasteiger partial charge in [-0.3, -0.25) is 0 Å². The van der Waals surface area contributed by atoms with Crippen LogP contribution in [0.1, 0.15) is 133 Å². The van der Waals surface area contributed by atoms with E-state index in [1.54, 1.807) is 0 Å². The Hall–Kier alpha value is -6.84. The van der Waals surface area contributed by atoms with Crippen LogP contribution in [-0.4, -0.2) is 4.40 Å². The van der Waals surface area contributed by atoms with Crippen molar-refractivity contribution >= 4 is 88.1 Å². The van der Waals surface area contributed by atoms with Crippen LogP contribution in [0.2, 0.25) is 0 Å². The van der Waals surface area contributed by atoms with E-state index in [1.165, 1.54) is 99.0 Å². The Balaban J connectivity index is 1.11. The summed E-state index contributed by atoms with van der Waals surface area (Å²) in [5, 5.41) is 10.2. The zero-order chi connectivity index (χ0) is 51.7. The lowest BCUT2D eigenvalue weighted by Gasteiger charge is -2.33. The molecule has 1 atom stereocenters. The zero-order valence-electron chi connectivity index (χ0n) is 46.2. The molecule has 8 aromatic carbocycles. The second kappa shape index (κ2) is 16.9. The lowest BCUT2D eigenvalue weighted by Crippen LogP contribution is -2.23. The fraction of sp³-hybridized carbons (Fsp3) is 0.314. The average molecular weight is 958 g/mol. The van der Waals surface area contributed by atoms with Gasteiger partial charge in [0.25, 0.3) is 0 Å². The van der Waals surface area contributed by atoms with E-state index in [1.807, 2.05) is 0 Å². The third-order valence-electron chi connectivity index (χ3n) is 16.1. The maximum atomic E-state index is 2.58. The number of aromatic nitrogens is 1. The van der Waals surface area contributed by atoms with E-state index in [0.29, 0.717) is 5.92 Å². The second-order valence-corrected chi connectivity index (χ2v) is 26.6. The third-order valence-corrected chi connectivity index (χ3v) is 16.1. The summed E-state index contributed by atoms with van der Waals surface area (Å²) < 4.78 is 2.58. The minimum atomic E-state index is -0.0251. The Morgan fingerprint density at radius 1 is 0.370 bits per heavy atom. The molecule has 0 bridgehead atoms. The van der Waals surface area contributed by atoms with E-state index in [2.05, 4.69) is 282 Å². The quantitative estimate of drug-likeness (QED) is 0.164. The summed E-state index contributed by atoms with van der Waals surface area (Å²) in [6, 6.07) is 56.5. The van der Waals surface area contributed by atoms with E-state index >= 15 is 0 Å². The predicted molar refractivity (Wildman–Crippen MR) is 319 cm³/mol. The molecule has 1 aliphatic carbocycles. The van der Waals surface area contributed by atoms with Crippen molar-refractivity contribution in [3.63, 3.8) is 0 Å². The molecule has 0 fully saturated rings. The smallest absolute Gasteiger partial charge is 0.0620 e. The van der Waals surface area contributed by atoms with Crippen molar-refractivity contribution < 1.29 is 0 Å². The van der Waals surface area contributed by atoms with E-state index in [0.717, 1.165) is 23.5 Å². The highest BCUT2D eigenvalue weighted by atomic mass is 15.2. The maximum Gasteiger partial charge on any atom is 0.0620 e. The minimum absolute atomic E-state index is 0.0251. The van der Waals surface area contributed by atoms with Gasteiger partial charge in [0.1, 0.15) is 0 Å². The van der Waals surface area contributed by atoms with Crippen LogP contribution in [0.15, 0.2) is 170 Å². The summed E-state index contributed by atoms with van der Waals surface area (Å²) in [5.74, 6) is 0.494. The summed E-state index contributed by atoms with van der Waals surface area (Å²) in [6.45, 7) is 34.7. The summed E-state index contributed by atoms with van der Waals surface area (Å²) in [6.07, 6.45) is 8.26. The largest absolute Gasteiger partial charge is 0.311 e. The number of nitrogens with zero attached hydrogens (tertiary/aromatic N) is 3. The molecule has 73 heavy (non-hydrogen) atoms. The molecule has 2 aromatic heterocycles. The van der Waals surface area contributed by atoms with Crippen molar-refractivity contribution in [2.45, 2.75) is 132 Å². The fourth-order valence-corrected chi connectivity index (χ4v) is 11.4. The van der Waals surface area contributed by atoms with Crippen molar-refractivity contribution in [3.8, 4) is 0 Å². The number of hydrogen-bond donors (Lipinski definition) is 0. The molecule has 0 amide bonds. The molecule has 1 aliphatic rings. The molecule has 0 spiro atoms. The summed E-state index contributed by atoms with van der Waals surface area (Å²) >= 11 is 0. The fourth-order valence-electron chi connectivity index (χ4n) is 11.4. The first kappa shape index (κ1) is 48.4. The topological polar surface area (TPSA) is 10.9 Å². The second-order valence-electron chi connectivity index (χ2n) is 26.6. The lowest BCUT2D eigenvalue weighted by molar-refractivity contribution is 0.293. The van der Waals surface area contributed by atoms with Crippen LogP contribution in [0.3, 0.4) is 0 Å². The number of allylic oxidation sites excluding steroid dienone is 3. The van der Waals surface area contributed by atoms with Crippen molar-refractivity contribution in [1.29, 1.82) is 0 Å². The molecule has 10 aromatic rings. The van der Waals surface area contributed by atoms with Gasteiger partial charge in [-0.2, -0.15) is 0 Å². The number of hydrogen-bond acceptors (Lipinski definition) is 2. The molecule has 0 radical (unpaired) electrons. The van der Waals surface area contributed by atoms with Crippen molar-refractivity contribution in [2.75, 3.05) is 9.80 Å². The van der Waals surface area contributed by atoms with E-state index in [9.17, 15) is 0 Å². The lowest BCUT2D eigenvalue weighted by atomic mass is 9.77. The van der Waals surface area contributed by atoms with Gasteiger partial charge in [-0.15, -0.1) is 0 Å². The van der Waals surface area contributed by atoms with Gasteiger partial charge in [0.05, 0.1) is 16.6 Å². The molecule has 0 N–H and O–H groups in total. The Kier molecular flexibility index (Phi) is 11.2. The average Bonchev–Trinajstić information content (AvgIpc) is 3.82. The summed E-state index contributed by atoms with van der Waals surface area (Å²) in [5.41, 5.74) is 16.5. The molecule has 3 heteroatoms. The number of anilines is 5. The Labute approximate surface area is 435 Å². The van der Waals surface area contributed by atoms with Gasteiger partial charge in [-0.25, -0.2) is 0 Å². The summed E-state index contributed by atoms with van der Waals surface area (Å²) in [4.78, 5) is 4.89. The van der Waals surface area contributed by atoms with Crippen LogP contribution in [0.25, 0.3) is 59.6 Å². The van der Waals surface area contributed by atoms with Gasteiger partial charge < -0.3 is 14.2 Å². The molecule has 0 saturated carbocycles. The van der Waals surface area contributed by atoms with Crippen LogP contribution in [0.4, 0.5) is 28.4 Å². The molecule has 11 rings (SSSR count). The van der Waals surface area contributed by atoms with Crippen molar-refractivity contribution in [2.24, 2.45) is 11.3 Å². The third kappa shape index (κ3) is 8.67. The minimum Gasteiger partial charge on any atom is -0.311 e. The normalized spacial score (nSPS) is 15.2. The standard InChI is InChI=1S/C70H75N3/c1-66(2,3)48-18-28-53(29-19-48)71(54-30-20-49(21-31-54)67(4,5)6)57-26-16-44-38-59-61-42-52(70(13,14)15)43-62-60-39-45-17-27-58(37-47(45)41-64(60)73(65(61)62)63(59)40-46(44)36-57)72(55-32-22-50(23-33-55)68(7,8)9)56-34-24-51(25-35-56)69(10,11)12/h16-24,26-43,51H,25H2,1-15H3. The molecule has 0 saturated heterocycles. The monoisotopic (exact) mass is 958 g/mol. The van der Waals surface area contributed by atoms with Gasteiger partial charge in [-0.05, 0) is 186 Å². The Morgan fingerprint density at radius 2 is 0.753 bits per heavy atom. The van der Waals surface area contributed by atoms with E-state index in [4.69, 9.17) is 0 Å². The van der Waals surface area contributed by atoms with Gasteiger partial charge in [-0.1, -0.05) is 165 Å². The number of rotatable bonds is 6. The molecule has 370 valence electrons. The zero-order valence-corrected chi connectivity index (χ0v) is 46.2. The summed E-state index contributed by atoms with van der Waals surface area (Å²) in [7, 11) is 0. The number of fused-ring (bicyclic) bond motifs is 8. The highest BCUT2D eigenvalue weighted by molar-refractivity contribution is 6.26. The van der Waals surface area contributed by atoms with Crippen molar-refractivity contribution in [3.05, 3.63) is 192 Å². The highest BCUT2D eigenvalue weighted by Crippen LogP contribution is 2.47. The van der Waals surface area contributed by atoms with Gasteiger partial charge >= 0.3 is 0 Å². The first-order chi connectivity index (χ1) is 34.3. The van der Waals surface area contributed by atoms with Crippen LogP contribution < -0.4 is 9.80 Å². The van der Waals surface area contributed by atoms with Crippen molar-refractivity contribution in [1.82, 2.24) is 4.40 Å². The SMILES string of the molecule is CC(C)(C)c1ccc(N(C2=CCC(C(C)(C)C)C=C2)c2ccc3cc4c5cc(C(C)(C)C)cc6c7cc8ccc(N(c9ccc(C(C)(C)C)cc9)c9ccc(C(C)(C)C)cc9)cc8cc7n(c4cc3c2)c56)cc1. The first-order valence-electron chi connectivity index (χ1n) is 26.8. The first-order valence-corrected chi connectivity index (χ1v) is 26.8. The highest BCUT2D eigenvalue weighted by Gasteiger charge is 2.28. The predicted octanol–water partition coefficient (Wildman–Crippen LogP) is 20.4. The molecule has 0 aliphatic heterocycles. The Morgan fingerprint density at radius 3 is 1.12 bits per heavy atom. The molecular weight excluding hydrogens is 883 g/mol. The Bertz CT molecular complexity index is 3750. The molecule has 3 nitrogen and oxygen atoms in total. The molecule has 2 heterocycles. The van der Waals surface area contributed by atoms with Crippen LogP contribution in [0.5, 0.6) is 0 Å².